The van der Waals surface area contributed by atoms with Crippen molar-refractivity contribution in [2.24, 2.45) is 0 Å². The number of H-pyrrole nitrogens is 1. The van der Waals surface area contributed by atoms with E-state index in [1.807, 2.05) is 31.2 Å². The number of Topliss-reactive ketones (excluding diaryl/α,β-unsaturated/α-hetero) is 1. The lowest BCUT2D eigenvalue weighted by Crippen LogP contribution is -2.15. The Hall–Kier alpha value is -3.70. The number of nitrogens with zero attached hydrogens (tertiary/aromatic N) is 3. The first-order chi connectivity index (χ1) is 18.2. The summed E-state index contributed by atoms with van der Waals surface area (Å²) >= 11 is 0. The van der Waals surface area contributed by atoms with Crippen LogP contribution in [0.5, 0.6) is 0 Å². The van der Waals surface area contributed by atoms with Gasteiger partial charge in [-0.1, -0.05) is 29.8 Å². The molecule has 11 nitrogen and oxygen atoms in total. The monoisotopic (exact) mass is 543 g/mol. The molecule has 0 fully saturated rings. The largest absolute Gasteiger partial charge is 0.379 e. The number of carbonyl (C=O) groups excluding carboxylic acids is 1. The van der Waals surface area contributed by atoms with Crippen molar-refractivity contribution in [1.82, 2.24) is 19.5 Å². The molecule has 2 heterocycles. The molecule has 38 heavy (non-hydrogen) atoms. The van der Waals surface area contributed by atoms with E-state index >= 15 is 0 Å². The van der Waals surface area contributed by atoms with Crippen molar-refractivity contribution in [3.63, 3.8) is 0 Å². The smallest absolute Gasteiger partial charge is 0.333 e. The van der Waals surface area contributed by atoms with Crippen molar-refractivity contribution in [3.8, 4) is 0 Å². The SMILES string of the molecule is Cc1ccc(COP(=O)(CCOCCn2cnc3c(=O)[nH]c(N)nc32)OCC(=O)c2ccc(F)cc2)cc1. The zero-order valence-electron chi connectivity index (χ0n) is 20.6. The number of nitrogens with two attached hydrogens (primary N) is 1. The first-order valence-corrected chi connectivity index (χ1v) is 13.5. The molecule has 0 aliphatic carbocycles. The maximum absolute atomic E-state index is 13.5. The van der Waals surface area contributed by atoms with Gasteiger partial charge in [0.2, 0.25) is 5.95 Å². The summed E-state index contributed by atoms with van der Waals surface area (Å²) in [6.07, 6.45) is 1.35. The molecule has 0 aliphatic rings. The van der Waals surface area contributed by atoms with Crippen LogP contribution in [-0.4, -0.2) is 51.3 Å². The van der Waals surface area contributed by atoms with Crippen molar-refractivity contribution in [3.05, 3.63) is 87.7 Å². The number of benzene rings is 2. The highest BCUT2D eigenvalue weighted by atomic mass is 31.2. The summed E-state index contributed by atoms with van der Waals surface area (Å²) in [6, 6.07) is 12.5. The molecule has 200 valence electrons. The van der Waals surface area contributed by atoms with Gasteiger partial charge < -0.3 is 24.1 Å². The Morgan fingerprint density at radius 1 is 1.11 bits per heavy atom. The number of carbonyl (C=O) groups is 1. The van der Waals surface area contributed by atoms with Gasteiger partial charge in [-0.2, -0.15) is 4.98 Å². The van der Waals surface area contributed by atoms with Gasteiger partial charge in [-0.3, -0.25) is 19.1 Å². The summed E-state index contributed by atoms with van der Waals surface area (Å²) in [6.45, 7) is 1.98. The van der Waals surface area contributed by atoms with Crippen molar-refractivity contribution in [1.29, 1.82) is 0 Å². The first kappa shape index (κ1) is 27.3. The molecule has 0 amide bonds. The highest BCUT2D eigenvalue weighted by Crippen LogP contribution is 2.48. The molecule has 4 aromatic rings. The van der Waals surface area contributed by atoms with Gasteiger partial charge in [0.25, 0.3) is 5.56 Å². The second-order valence-electron chi connectivity index (χ2n) is 8.47. The Morgan fingerprint density at radius 2 is 1.84 bits per heavy atom. The topological polar surface area (TPSA) is 151 Å². The van der Waals surface area contributed by atoms with Gasteiger partial charge in [-0.15, -0.1) is 0 Å². The number of aromatic nitrogens is 4. The van der Waals surface area contributed by atoms with Crippen molar-refractivity contribution < 1.29 is 27.5 Å². The normalized spacial score (nSPS) is 13.0. The van der Waals surface area contributed by atoms with E-state index in [-0.39, 0.29) is 43.0 Å². The van der Waals surface area contributed by atoms with Crippen LogP contribution in [0.15, 0.2) is 59.7 Å². The Balaban J connectivity index is 1.34. The highest BCUT2D eigenvalue weighted by Gasteiger charge is 2.26. The molecule has 0 spiro atoms. The number of ketones is 1. The zero-order valence-corrected chi connectivity index (χ0v) is 21.5. The minimum atomic E-state index is -3.75. The predicted octanol–water partition coefficient (Wildman–Crippen LogP) is 3.48. The minimum Gasteiger partial charge on any atom is -0.379 e. The molecule has 3 N–H and O–H groups in total. The number of aryl methyl sites for hydroxylation is 1. The number of rotatable bonds is 13. The van der Waals surface area contributed by atoms with E-state index < -0.39 is 31.4 Å². The number of anilines is 1. The van der Waals surface area contributed by atoms with Crippen LogP contribution in [0, 0.1) is 12.7 Å². The van der Waals surface area contributed by atoms with Gasteiger partial charge in [0, 0.05) is 12.1 Å². The van der Waals surface area contributed by atoms with Crippen LogP contribution in [0.4, 0.5) is 10.3 Å². The summed E-state index contributed by atoms with van der Waals surface area (Å²) in [5.74, 6) is -0.954. The fraction of sp³-hybridized carbons (Fsp3) is 0.280. The second kappa shape index (κ2) is 12.2. The molecule has 0 saturated heterocycles. The molecule has 2 aromatic heterocycles. The van der Waals surface area contributed by atoms with Gasteiger partial charge in [0.1, 0.15) is 12.4 Å². The van der Waals surface area contributed by atoms with Gasteiger partial charge in [0.15, 0.2) is 16.9 Å². The molecule has 1 unspecified atom stereocenters. The van der Waals surface area contributed by atoms with Gasteiger partial charge in [0.05, 0.1) is 32.3 Å². The molecular weight excluding hydrogens is 516 g/mol. The first-order valence-electron chi connectivity index (χ1n) is 11.7. The molecule has 0 aliphatic heterocycles. The summed E-state index contributed by atoms with van der Waals surface area (Å²) in [7, 11) is -3.75. The third-order valence-corrected chi connectivity index (χ3v) is 7.36. The van der Waals surface area contributed by atoms with Crippen LogP contribution in [0.3, 0.4) is 0 Å². The predicted molar refractivity (Wildman–Crippen MR) is 139 cm³/mol. The molecule has 4 rings (SSSR count). The lowest BCUT2D eigenvalue weighted by molar-refractivity contribution is 0.0885. The number of ether oxygens (including phenoxy) is 1. The van der Waals surface area contributed by atoms with Crippen molar-refractivity contribution in [2.75, 3.05) is 31.7 Å². The van der Waals surface area contributed by atoms with E-state index in [1.165, 1.54) is 18.5 Å². The number of nitrogen functional groups attached to an aromatic ring is 1. The second-order valence-corrected chi connectivity index (χ2v) is 10.7. The highest BCUT2D eigenvalue weighted by molar-refractivity contribution is 7.53. The Bertz CT molecular complexity index is 1500. The van der Waals surface area contributed by atoms with E-state index in [4.69, 9.17) is 19.5 Å². The Labute approximate surface area is 217 Å². The van der Waals surface area contributed by atoms with Gasteiger partial charge in [-0.05, 0) is 36.8 Å². The van der Waals surface area contributed by atoms with Crippen LogP contribution < -0.4 is 11.3 Å². The number of imidazole rings is 1. The lowest BCUT2D eigenvalue weighted by Gasteiger charge is -2.19. The molecule has 0 bridgehead atoms. The third-order valence-electron chi connectivity index (χ3n) is 5.59. The van der Waals surface area contributed by atoms with Gasteiger partial charge >= 0.3 is 7.60 Å². The fourth-order valence-corrected chi connectivity index (χ4v) is 4.82. The average molecular weight is 543 g/mol. The standard InChI is InChI=1S/C25H27FN5O6P/c1-17-2-4-18(5-3-17)14-36-38(34,37-15-21(32)19-6-8-20(26)9-7-19)13-12-35-11-10-31-16-28-22-23(31)29-25(27)30-24(22)33/h2-9,16H,10-15H2,1H3,(H3,27,29,30,33). The summed E-state index contributed by atoms with van der Waals surface area (Å²) in [5, 5.41) is 0. The molecule has 0 saturated carbocycles. The molecular formula is C25H27FN5O6P. The fourth-order valence-electron chi connectivity index (χ4n) is 3.48. The Morgan fingerprint density at radius 3 is 2.58 bits per heavy atom. The van der Waals surface area contributed by atoms with Crippen LogP contribution in [0.2, 0.25) is 0 Å². The lowest BCUT2D eigenvalue weighted by atomic mass is 10.1. The van der Waals surface area contributed by atoms with Crippen molar-refractivity contribution >= 4 is 30.5 Å². The van der Waals surface area contributed by atoms with Crippen LogP contribution in [0.25, 0.3) is 11.2 Å². The van der Waals surface area contributed by atoms with E-state index in [0.717, 1.165) is 23.3 Å². The van der Waals surface area contributed by atoms with E-state index in [1.54, 1.807) is 4.57 Å². The summed E-state index contributed by atoms with van der Waals surface area (Å²) < 4.78 is 45.0. The number of hydrogen-bond donors (Lipinski definition) is 2. The van der Waals surface area contributed by atoms with E-state index in [0.29, 0.717) is 12.2 Å². The minimum absolute atomic E-state index is 0.0126. The summed E-state index contributed by atoms with van der Waals surface area (Å²) in [5.41, 5.74) is 7.74. The maximum Gasteiger partial charge on any atom is 0.333 e. The summed E-state index contributed by atoms with van der Waals surface area (Å²) in [4.78, 5) is 34.9. The van der Waals surface area contributed by atoms with E-state index in [9.17, 15) is 18.5 Å². The van der Waals surface area contributed by atoms with Crippen molar-refractivity contribution in [2.45, 2.75) is 20.1 Å². The third kappa shape index (κ3) is 7.20. The van der Waals surface area contributed by atoms with Gasteiger partial charge in [-0.25, -0.2) is 9.37 Å². The number of halogens is 1. The maximum atomic E-state index is 13.5. The van der Waals surface area contributed by atoms with Crippen LogP contribution in [0.1, 0.15) is 21.5 Å². The molecule has 1 atom stereocenters. The van der Waals surface area contributed by atoms with Crippen LogP contribution >= 0.6 is 7.60 Å². The van der Waals surface area contributed by atoms with E-state index in [2.05, 4.69) is 15.0 Å². The number of nitrogens with one attached hydrogen (secondary N) is 1. The average Bonchev–Trinajstić information content (AvgIpc) is 3.30. The molecule has 0 radical (unpaired) electrons. The molecule has 2 aromatic carbocycles. The zero-order chi connectivity index (χ0) is 27.1. The number of fused-ring (bicyclic) bond motifs is 1. The number of aromatic amines is 1. The Kier molecular flexibility index (Phi) is 8.80. The van der Waals surface area contributed by atoms with Crippen LogP contribution in [-0.2, 0) is 31.5 Å². The quantitative estimate of drug-likeness (QED) is 0.147. The number of hydrogen-bond acceptors (Lipinski definition) is 9. The molecule has 13 heteroatoms.